The van der Waals surface area contributed by atoms with Crippen LogP contribution in [-0.2, 0) is 4.74 Å². The summed E-state index contributed by atoms with van der Waals surface area (Å²) < 4.78 is 16.5. The Hall–Kier alpha value is -1.56. The second-order valence-electron chi connectivity index (χ2n) is 5.38. The van der Waals surface area contributed by atoms with Crippen molar-refractivity contribution in [3.8, 4) is 11.5 Å². The molecule has 2 rings (SSSR count). The highest BCUT2D eigenvalue weighted by Gasteiger charge is 2.33. The van der Waals surface area contributed by atoms with Gasteiger partial charge >= 0.3 is 6.09 Å². The normalized spacial score (nSPS) is 17.7. The number of carbonyl (C=O) groups excluding carboxylic acids is 1. The lowest BCUT2D eigenvalue weighted by molar-refractivity contribution is 0.102. The first-order valence-electron chi connectivity index (χ1n) is 7.42. The number of thioether (sulfide) groups is 1. The van der Waals surface area contributed by atoms with Crippen LogP contribution in [0.2, 0.25) is 0 Å². The molecule has 1 saturated heterocycles. The smallest absolute Gasteiger partial charge is 0.410 e. The molecule has 1 heterocycles. The summed E-state index contributed by atoms with van der Waals surface area (Å²) in [7, 11) is 0. The minimum absolute atomic E-state index is 0.148. The third-order valence-electron chi connectivity index (χ3n) is 3.34. The van der Waals surface area contributed by atoms with E-state index in [2.05, 4.69) is 6.26 Å². The van der Waals surface area contributed by atoms with Gasteiger partial charge in [0.25, 0.3) is 0 Å². The Morgan fingerprint density at radius 3 is 2.45 bits per heavy atom. The van der Waals surface area contributed by atoms with Gasteiger partial charge in [-0.1, -0.05) is 0 Å². The molecule has 0 bridgehead atoms. The third-order valence-corrected chi connectivity index (χ3v) is 3.92. The van der Waals surface area contributed by atoms with Crippen molar-refractivity contribution in [2.45, 2.75) is 26.0 Å². The van der Waals surface area contributed by atoms with Crippen molar-refractivity contribution < 1.29 is 19.0 Å². The number of amides is 1. The molecule has 0 aromatic heterocycles. The molecule has 1 aromatic carbocycles. The van der Waals surface area contributed by atoms with Crippen LogP contribution in [0.25, 0.3) is 0 Å². The zero-order valence-corrected chi connectivity index (χ0v) is 14.1. The van der Waals surface area contributed by atoms with Crippen LogP contribution in [-0.4, -0.2) is 54.9 Å². The average Bonchev–Trinajstić information content (AvgIpc) is 2.88. The minimum Gasteiger partial charge on any atom is -0.493 e. The number of benzene rings is 1. The maximum atomic E-state index is 11.6. The van der Waals surface area contributed by atoms with E-state index < -0.39 is 0 Å². The molecule has 6 heteroatoms. The van der Waals surface area contributed by atoms with E-state index in [1.54, 1.807) is 16.7 Å². The predicted molar refractivity (Wildman–Crippen MR) is 87.9 cm³/mol. The number of hydrogen-bond donors (Lipinski definition) is 0. The van der Waals surface area contributed by atoms with Crippen LogP contribution in [0.4, 0.5) is 4.79 Å². The first kappa shape index (κ1) is 16.8. The van der Waals surface area contributed by atoms with Crippen molar-refractivity contribution in [1.29, 1.82) is 0 Å². The van der Waals surface area contributed by atoms with Crippen molar-refractivity contribution in [2.75, 3.05) is 31.8 Å². The number of cyclic esters (lactones) is 1. The largest absolute Gasteiger partial charge is 0.493 e. The number of hydrogen-bond acceptors (Lipinski definition) is 5. The maximum Gasteiger partial charge on any atom is 0.410 e. The third kappa shape index (κ3) is 4.73. The first-order chi connectivity index (χ1) is 10.6. The highest BCUT2D eigenvalue weighted by atomic mass is 32.2. The fourth-order valence-corrected chi connectivity index (χ4v) is 2.36. The fraction of sp³-hybridized carbons (Fsp3) is 0.562. The van der Waals surface area contributed by atoms with Crippen molar-refractivity contribution in [2.24, 2.45) is 0 Å². The molecule has 22 heavy (non-hydrogen) atoms. The molecule has 1 atom stereocenters. The molecule has 1 aromatic rings. The molecular formula is C16H23NO4S. The van der Waals surface area contributed by atoms with Gasteiger partial charge in [0.05, 0.1) is 13.2 Å². The van der Waals surface area contributed by atoms with Crippen LogP contribution in [0, 0.1) is 0 Å². The molecule has 0 radical (unpaired) electrons. The minimum atomic E-state index is -0.263. The summed E-state index contributed by atoms with van der Waals surface area (Å²) in [5.74, 6) is 2.55. The SMILES string of the molecule is CSCCOc1ccc(OCC2CN(C(C)C)C(=O)O2)cc1. The molecule has 0 N–H and O–H groups in total. The average molecular weight is 325 g/mol. The summed E-state index contributed by atoms with van der Waals surface area (Å²) in [4.78, 5) is 13.3. The molecule has 1 aliphatic rings. The van der Waals surface area contributed by atoms with Gasteiger partial charge in [-0.15, -0.1) is 0 Å². The van der Waals surface area contributed by atoms with E-state index in [1.165, 1.54) is 0 Å². The molecule has 122 valence electrons. The number of rotatable bonds is 8. The Kier molecular flexibility index (Phi) is 6.24. The molecule has 1 amide bonds. The van der Waals surface area contributed by atoms with Gasteiger partial charge in [-0.2, -0.15) is 11.8 Å². The van der Waals surface area contributed by atoms with Crippen LogP contribution < -0.4 is 9.47 Å². The highest BCUT2D eigenvalue weighted by Crippen LogP contribution is 2.20. The summed E-state index contributed by atoms with van der Waals surface area (Å²) in [6.45, 7) is 5.58. The summed E-state index contributed by atoms with van der Waals surface area (Å²) in [6.07, 6.45) is 1.57. The van der Waals surface area contributed by atoms with Crippen LogP contribution in [0.3, 0.4) is 0 Å². The Labute approximate surface area is 135 Å². The zero-order valence-electron chi connectivity index (χ0n) is 13.3. The zero-order chi connectivity index (χ0) is 15.9. The molecular weight excluding hydrogens is 302 g/mol. The standard InChI is InChI=1S/C16H23NO4S/c1-12(2)17-10-15(21-16(17)18)11-20-14-6-4-13(5-7-14)19-8-9-22-3/h4-7,12,15H,8-11H2,1-3H3. The first-order valence-corrected chi connectivity index (χ1v) is 8.81. The molecule has 0 spiro atoms. The molecule has 1 fully saturated rings. The van der Waals surface area contributed by atoms with Crippen molar-refractivity contribution in [3.05, 3.63) is 24.3 Å². The number of nitrogens with zero attached hydrogens (tertiary/aromatic N) is 1. The number of ether oxygens (including phenoxy) is 3. The number of carbonyl (C=O) groups is 1. The molecule has 5 nitrogen and oxygen atoms in total. The Morgan fingerprint density at radius 1 is 1.27 bits per heavy atom. The van der Waals surface area contributed by atoms with E-state index in [9.17, 15) is 4.79 Å². The van der Waals surface area contributed by atoms with E-state index in [0.29, 0.717) is 19.8 Å². The molecule has 0 aliphatic carbocycles. The Morgan fingerprint density at radius 2 is 1.91 bits per heavy atom. The monoisotopic (exact) mass is 325 g/mol. The van der Waals surface area contributed by atoms with E-state index in [1.807, 2.05) is 38.1 Å². The lowest BCUT2D eigenvalue weighted by Gasteiger charge is -2.16. The highest BCUT2D eigenvalue weighted by molar-refractivity contribution is 7.98. The lowest BCUT2D eigenvalue weighted by Crippen LogP contribution is -2.32. The van der Waals surface area contributed by atoms with Gasteiger partial charge in [-0.3, -0.25) is 0 Å². The van der Waals surface area contributed by atoms with Crippen molar-refractivity contribution in [1.82, 2.24) is 4.90 Å². The second kappa shape index (κ2) is 8.17. The Bertz CT molecular complexity index is 478. The van der Waals surface area contributed by atoms with Crippen LogP contribution in [0.5, 0.6) is 11.5 Å². The van der Waals surface area contributed by atoms with Crippen LogP contribution in [0.15, 0.2) is 24.3 Å². The van der Waals surface area contributed by atoms with E-state index in [-0.39, 0.29) is 18.2 Å². The predicted octanol–water partition coefficient (Wildman–Crippen LogP) is 3.04. The van der Waals surface area contributed by atoms with Crippen molar-refractivity contribution in [3.63, 3.8) is 0 Å². The van der Waals surface area contributed by atoms with Crippen LogP contribution >= 0.6 is 11.8 Å². The van der Waals surface area contributed by atoms with Gasteiger partial charge in [0, 0.05) is 11.8 Å². The van der Waals surface area contributed by atoms with E-state index >= 15 is 0 Å². The van der Waals surface area contributed by atoms with E-state index in [0.717, 1.165) is 17.3 Å². The van der Waals surface area contributed by atoms with Gasteiger partial charge in [-0.25, -0.2) is 4.79 Å². The molecule has 1 aliphatic heterocycles. The van der Waals surface area contributed by atoms with Gasteiger partial charge in [0.15, 0.2) is 6.10 Å². The van der Waals surface area contributed by atoms with Gasteiger partial charge in [0.1, 0.15) is 18.1 Å². The second-order valence-corrected chi connectivity index (χ2v) is 6.36. The topological polar surface area (TPSA) is 48.0 Å². The lowest BCUT2D eigenvalue weighted by atomic mass is 10.3. The van der Waals surface area contributed by atoms with Gasteiger partial charge in [-0.05, 0) is 44.4 Å². The fourth-order valence-electron chi connectivity index (χ4n) is 2.11. The van der Waals surface area contributed by atoms with Crippen LogP contribution in [0.1, 0.15) is 13.8 Å². The Balaban J connectivity index is 1.76. The molecule has 0 saturated carbocycles. The summed E-state index contributed by atoms with van der Waals surface area (Å²) >= 11 is 1.75. The van der Waals surface area contributed by atoms with Gasteiger partial charge < -0.3 is 19.1 Å². The maximum absolute atomic E-state index is 11.6. The summed E-state index contributed by atoms with van der Waals surface area (Å²) in [6, 6.07) is 7.65. The summed E-state index contributed by atoms with van der Waals surface area (Å²) in [5.41, 5.74) is 0. The molecule has 1 unspecified atom stereocenters. The van der Waals surface area contributed by atoms with Crippen molar-refractivity contribution >= 4 is 17.9 Å². The quantitative estimate of drug-likeness (QED) is 0.688. The summed E-state index contributed by atoms with van der Waals surface area (Å²) in [5, 5.41) is 0. The van der Waals surface area contributed by atoms with Gasteiger partial charge in [0.2, 0.25) is 0 Å². The van der Waals surface area contributed by atoms with E-state index in [4.69, 9.17) is 14.2 Å².